The van der Waals surface area contributed by atoms with Crippen LogP contribution in [0.2, 0.25) is 0 Å². The standard InChI is InChI=1S/C24H26N6/c1-15-7-9-27-12-20(15)19-5-6-22(25)21-13-28-24(26,29-23(19)21)18-4-3-16-8-10-30(2)14-17(16)11-18/h3-7,9,11-13,29H,8,10,14,25-26H2,1-2H3. The number of aromatic nitrogens is 1. The van der Waals surface area contributed by atoms with Crippen molar-refractivity contribution in [1.82, 2.24) is 9.88 Å². The second-order valence-electron chi connectivity index (χ2n) is 8.30. The van der Waals surface area contributed by atoms with E-state index in [2.05, 4.69) is 47.4 Å². The highest BCUT2D eigenvalue weighted by molar-refractivity contribution is 6.02. The largest absolute Gasteiger partial charge is 0.398 e. The lowest BCUT2D eigenvalue weighted by molar-refractivity contribution is 0.312. The second kappa shape index (κ2) is 6.93. The third-order valence-corrected chi connectivity index (χ3v) is 6.17. The molecule has 30 heavy (non-hydrogen) atoms. The summed E-state index contributed by atoms with van der Waals surface area (Å²) in [6, 6.07) is 12.4. The minimum Gasteiger partial charge on any atom is -0.398 e. The van der Waals surface area contributed by atoms with Crippen molar-refractivity contribution in [3.63, 3.8) is 0 Å². The third-order valence-electron chi connectivity index (χ3n) is 6.17. The Hall–Kier alpha value is -3.22. The van der Waals surface area contributed by atoms with Crippen molar-refractivity contribution in [3.05, 3.63) is 76.6 Å². The van der Waals surface area contributed by atoms with E-state index in [-0.39, 0.29) is 0 Å². The number of fused-ring (bicyclic) bond motifs is 2. The van der Waals surface area contributed by atoms with Gasteiger partial charge < -0.3 is 16.0 Å². The number of likely N-dealkylation sites (N-methyl/N-ethyl adjacent to an activating group) is 1. The summed E-state index contributed by atoms with van der Waals surface area (Å²) < 4.78 is 0. The zero-order valence-corrected chi connectivity index (χ0v) is 17.3. The summed E-state index contributed by atoms with van der Waals surface area (Å²) in [5.74, 6) is -1.06. The summed E-state index contributed by atoms with van der Waals surface area (Å²) in [5.41, 5.74) is 22.3. The maximum atomic E-state index is 6.82. The summed E-state index contributed by atoms with van der Waals surface area (Å²) in [4.78, 5) is 11.3. The van der Waals surface area contributed by atoms with Crippen LogP contribution in [-0.4, -0.2) is 29.7 Å². The van der Waals surface area contributed by atoms with E-state index in [4.69, 9.17) is 16.5 Å². The molecule has 1 unspecified atom stereocenters. The summed E-state index contributed by atoms with van der Waals surface area (Å²) in [7, 11) is 2.15. The van der Waals surface area contributed by atoms with Crippen LogP contribution in [0.15, 0.2) is 53.8 Å². The molecule has 0 amide bonds. The number of pyridine rings is 1. The molecular weight excluding hydrogens is 372 g/mol. The normalized spacial score (nSPS) is 20.4. The Labute approximate surface area is 176 Å². The van der Waals surface area contributed by atoms with E-state index in [1.807, 2.05) is 24.4 Å². The fraction of sp³-hybridized carbons (Fsp3) is 0.250. The van der Waals surface area contributed by atoms with Gasteiger partial charge in [0.05, 0.1) is 5.69 Å². The van der Waals surface area contributed by atoms with E-state index in [9.17, 15) is 0 Å². The van der Waals surface area contributed by atoms with Crippen molar-refractivity contribution in [2.24, 2.45) is 10.7 Å². The van der Waals surface area contributed by atoms with Crippen molar-refractivity contribution in [2.45, 2.75) is 25.7 Å². The van der Waals surface area contributed by atoms with E-state index >= 15 is 0 Å². The number of aryl methyl sites for hydroxylation is 1. The molecular formula is C24H26N6. The van der Waals surface area contributed by atoms with Gasteiger partial charge in [-0.05, 0) is 55.3 Å². The van der Waals surface area contributed by atoms with Crippen LogP contribution in [0.5, 0.6) is 0 Å². The molecule has 0 fully saturated rings. The van der Waals surface area contributed by atoms with E-state index in [0.717, 1.165) is 53.0 Å². The number of hydrogen-bond acceptors (Lipinski definition) is 6. The lowest BCUT2D eigenvalue weighted by Crippen LogP contribution is -2.45. The van der Waals surface area contributed by atoms with Crippen molar-refractivity contribution in [3.8, 4) is 11.1 Å². The molecule has 2 aromatic carbocycles. The Morgan fingerprint density at radius 3 is 2.80 bits per heavy atom. The SMILES string of the molecule is Cc1ccncc1-c1ccc(N)c2c1NC(N)(c1ccc3c(c1)CN(C)CC3)N=C2. The molecule has 1 aromatic heterocycles. The van der Waals surface area contributed by atoms with Gasteiger partial charge in [0, 0.05) is 59.6 Å². The minimum absolute atomic E-state index is 0.667. The highest BCUT2D eigenvalue weighted by Crippen LogP contribution is 2.40. The molecule has 152 valence electrons. The first kappa shape index (κ1) is 18.8. The van der Waals surface area contributed by atoms with Crippen molar-refractivity contribution < 1.29 is 0 Å². The highest BCUT2D eigenvalue weighted by atomic mass is 15.3. The van der Waals surface area contributed by atoms with E-state index in [1.54, 1.807) is 12.4 Å². The molecule has 5 rings (SSSR count). The monoisotopic (exact) mass is 398 g/mol. The number of nitrogens with zero attached hydrogens (tertiary/aromatic N) is 3. The van der Waals surface area contributed by atoms with Crippen LogP contribution in [-0.2, 0) is 18.8 Å². The number of rotatable bonds is 2. The molecule has 3 aromatic rings. The third kappa shape index (κ3) is 3.05. The van der Waals surface area contributed by atoms with Crippen LogP contribution in [0, 0.1) is 6.92 Å². The van der Waals surface area contributed by atoms with E-state index in [1.165, 1.54) is 11.1 Å². The fourth-order valence-corrected chi connectivity index (χ4v) is 4.35. The number of nitrogens with two attached hydrogens (primary N) is 2. The van der Waals surface area contributed by atoms with Gasteiger partial charge in [-0.3, -0.25) is 10.7 Å². The summed E-state index contributed by atoms with van der Waals surface area (Å²) in [6.45, 7) is 4.08. The number of hydrogen-bond donors (Lipinski definition) is 3. The average Bonchev–Trinajstić information content (AvgIpc) is 2.74. The Morgan fingerprint density at radius 2 is 1.97 bits per heavy atom. The number of aliphatic imine (C=N–C) groups is 1. The molecule has 2 aliphatic heterocycles. The van der Waals surface area contributed by atoms with Gasteiger partial charge in [-0.2, -0.15) is 0 Å². The number of nitrogens with one attached hydrogen (secondary N) is 1. The lowest BCUT2D eigenvalue weighted by Gasteiger charge is -2.35. The predicted molar refractivity (Wildman–Crippen MR) is 122 cm³/mol. The lowest BCUT2D eigenvalue weighted by atomic mass is 9.92. The van der Waals surface area contributed by atoms with Gasteiger partial charge in [0.25, 0.3) is 0 Å². The molecule has 2 aliphatic rings. The van der Waals surface area contributed by atoms with Crippen molar-refractivity contribution >= 4 is 17.6 Å². The Balaban J connectivity index is 1.60. The molecule has 0 spiro atoms. The number of nitrogen functional groups attached to an aromatic ring is 1. The maximum absolute atomic E-state index is 6.82. The molecule has 6 nitrogen and oxygen atoms in total. The zero-order valence-electron chi connectivity index (χ0n) is 17.3. The molecule has 6 heteroatoms. The van der Waals surface area contributed by atoms with Gasteiger partial charge in [0.2, 0.25) is 5.79 Å². The molecule has 0 radical (unpaired) electrons. The van der Waals surface area contributed by atoms with E-state index < -0.39 is 5.79 Å². The number of anilines is 2. The van der Waals surface area contributed by atoms with Gasteiger partial charge in [0.1, 0.15) is 0 Å². The summed E-state index contributed by atoms with van der Waals surface area (Å²) in [6.07, 6.45) is 6.53. The molecule has 1 atom stereocenters. The maximum Gasteiger partial charge on any atom is 0.209 e. The van der Waals surface area contributed by atoms with Crippen LogP contribution < -0.4 is 16.8 Å². The smallest absolute Gasteiger partial charge is 0.209 e. The van der Waals surface area contributed by atoms with Gasteiger partial charge >= 0.3 is 0 Å². The molecule has 5 N–H and O–H groups in total. The van der Waals surface area contributed by atoms with Gasteiger partial charge in [-0.15, -0.1) is 0 Å². The predicted octanol–water partition coefficient (Wildman–Crippen LogP) is 3.24. The second-order valence-corrected chi connectivity index (χ2v) is 8.30. The molecule has 0 bridgehead atoms. The van der Waals surface area contributed by atoms with Gasteiger partial charge in [-0.1, -0.05) is 18.2 Å². The minimum atomic E-state index is -1.06. The highest BCUT2D eigenvalue weighted by Gasteiger charge is 2.32. The van der Waals surface area contributed by atoms with E-state index in [0.29, 0.717) is 5.69 Å². The molecule has 0 saturated heterocycles. The zero-order chi connectivity index (χ0) is 20.9. The van der Waals surface area contributed by atoms with Crippen LogP contribution >= 0.6 is 0 Å². The van der Waals surface area contributed by atoms with Crippen molar-refractivity contribution in [1.29, 1.82) is 0 Å². The van der Waals surface area contributed by atoms with Gasteiger partial charge in [-0.25, -0.2) is 4.99 Å². The quantitative estimate of drug-likeness (QED) is 0.576. The molecule has 0 aliphatic carbocycles. The Kier molecular flexibility index (Phi) is 4.34. The first-order valence-electron chi connectivity index (χ1n) is 10.2. The molecule has 0 saturated carbocycles. The van der Waals surface area contributed by atoms with Crippen molar-refractivity contribution in [2.75, 3.05) is 24.6 Å². The van der Waals surface area contributed by atoms with Crippen LogP contribution in [0.3, 0.4) is 0 Å². The summed E-state index contributed by atoms with van der Waals surface area (Å²) in [5, 5.41) is 3.50. The summed E-state index contributed by atoms with van der Waals surface area (Å²) >= 11 is 0. The first-order valence-corrected chi connectivity index (χ1v) is 10.2. The Bertz CT molecular complexity index is 1170. The first-order chi connectivity index (χ1) is 14.4. The van der Waals surface area contributed by atoms with Crippen LogP contribution in [0.4, 0.5) is 11.4 Å². The Morgan fingerprint density at radius 1 is 1.10 bits per heavy atom. The number of benzene rings is 2. The average molecular weight is 399 g/mol. The fourth-order valence-electron chi connectivity index (χ4n) is 4.35. The van der Waals surface area contributed by atoms with Crippen LogP contribution in [0.25, 0.3) is 11.1 Å². The van der Waals surface area contributed by atoms with Gasteiger partial charge in [0.15, 0.2) is 0 Å². The topological polar surface area (TPSA) is 92.6 Å². The molecule has 3 heterocycles. The van der Waals surface area contributed by atoms with Crippen LogP contribution in [0.1, 0.15) is 27.8 Å².